The third-order valence-electron chi connectivity index (χ3n) is 4.94. The highest BCUT2D eigenvalue weighted by atomic mass is 35.5. The van der Waals surface area contributed by atoms with Gasteiger partial charge in [0.25, 0.3) is 0 Å². The Morgan fingerprint density at radius 3 is 2.52 bits per heavy atom. The van der Waals surface area contributed by atoms with Crippen molar-refractivity contribution in [2.45, 2.75) is 23.0 Å². The van der Waals surface area contributed by atoms with Crippen LogP contribution in [0, 0.1) is 11.2 Å². The molecule has 0 radical (unpaired) electrons. The minimum Gasteiger partial charge on any atom is -0.393 e. The average Bonchev–Trinajstić information content (AvgIpc) is 3.32. The van der Waals surface area contributed by atoms with Crippen LogP contribution in [-0.4, -0.2) is 31.9 Å². The molecule has 0 saturated heterocycles. The van der Waals surface area contributed by atoms with Gasteiger partial charge < -0.3 is 10.5 Å². The van der Waals surface area contributed by atoms with E-state index in [1.807, 2.05) is 0 Å². The first-order chi connectivity index (χ1) is 12.7. The lowest BCUT2D eigenvalue weighted by molar-refractivity contribution is 0.121. The van der Waals surface area contributed by atoms with E-state index in [0.717, 1.165) is 0 Å². The van der Waals surface area contributed by atoms with Crippen LogP contribution in [0.1, 0.15) is 18.4 Å². The van der Waals surface area contributed by atoms with Crippen molar-refractivity contribution in [3.05, 3.63) is 64.9 Å². The minimum absolute atomic E-state index is 0.0488. The summed E-state index contributed by atoms with van der Waals surface area (Å²) in [6, 6.07) is 11.8. The van der Waals surface area contributed by atoms with Gasteiger partial charge in [-0.15, -0.1) is 0 Å². The second kappa shape index (κ2) is 7.47. The Morgan fingerprint density at radius 2 is 1.96 bits per heavy atom. The van der Waals surface area contributed by atoms with Crippen molar-refractivity contribution in [3.8, 4) is 0 Å². The molecule has 3 atom stereocenters. The number of hydrogen-bond donors (Lipinski definition) is 1. The molecule has 0 amide bonds. The van der Waals surface area contributed by atoms with Crippen LogP contribution in [0.15, 0.2) is 53.4 Å². The molecular formula is C19H19ClFNO3S2. The molecule has 1 aliphatic carbocycles. The zero-order chi connectivity index (χ0) is 19.8. The van der Waals surface area contributed by atoms with Crippen molar-refractivity contribution in [2.24, 2.45) is 11.1 Å². The van der Waals surface area contributed by atoms with Gasteiger partial charge in [0.15, 0.2) is 9.84 Å². The summed E-state index contributed by atoms with van der Waals surface area (Å²) >= 11 is 11.1. The van der Waals surface area contributed by atoms with Gasteiger partial charge in [0.05, 0.1) is 27.2 Å². The van der Waals surface area contributed by atoms with E-state index in [1.165, 1.54) is 36.4 Å². The van der Waals surface area contributed by atoms with Gasteiger partial charge in [0.2, 0.25) is 0 Å². The molecule has 1 fully saturated rings. The van der Waals surface area contributed by atoms with Crippen LogP contribution in [0.4, 0.5) is 4.39 Å². The number of ether oxygens (including phenoxy) is 1. The van der Waals surface area contributed by atoms with Gasteiger partial charge >= 0.3 is 0 Å². The lowest BCUT2D eigenvalue weighted by Gasteiger charge is -2.17. The molecule has 2 aromatic carbocycles. The topological polar surface area (TPSA) is 69.4 Å². The third kappa shape index (κ3) is 3.49. The van der Waals surface area contributed by atoms with Gasteiger partial charge in [0.1, 0.15) is 5.82 Å². The van der Waals surface area contributed by atoms with E-state index in [2.05, 4.69) is 0 Å². The molecule has 0 aromatic heterocycles. The molecule has 144 valence electrons. The number of sulfone groups is 1. The molecule has 2 aromatic rings. The highest BCUT2D eigenvalue weighted by Crippen LogP contribution is 2.64. The first-order valence-corrected chi connectivity index (χ1v) is 10.7. The van der Waals surface area contributed by atoms with E-state index >= 15 is 0 Å². The predicted octanol–water partition coefficient (Wildman–Crippen LogP) is 3.73. The maximum atomic E-state index is 13.8. The number of nitrogens with two attached hydrogens (primary N) is 1. The molecule has 0 heterocycles. The van der Waals surface area contributed by atoms with E-state index < -0.39 is 32.2 Å². The summed E-state index contributed by atoms with van der Waals surface area (Å²) in [5, 5.41) is -0.502. The van der Waals surface area contributed by atoms with Gasteiger partial charge in [-0.25, -0.2) is 12.8 Å². The van der Waals surface area contributed by atoms with Crippen LogP contribution in [0.25, 0.3) is 0 Å². The van der Waals surface area contributed by atoms with Gasteiger partial charge in [-0.05, 0) is 48.9 Å². The summed E-state index contributed by atoms with van der Waals surface area (Å²) in [5.74, 6) is -1.03. The van der Waals surface area contributed by atoms with Gasteiger partial charge in [-0.2, -0.15) is 0 Å². The lowest BCUT2D eigenvalue weighted by Crippen LogP contribution is -2.33. The molecule has 4 nitrogen and oxygen atoms in total. The normalized spacial score (nSPS) is 24.6. The zero-order valence-corrected chi connectivity index (χ0v) is 17.0. The Hall–Kier alpha value is -1.54. The number of benzene rings is 2. The Labute approximate surface area is 168 Å². The van der Waals surface area contributed by atoms with E-state index in [-0.39, 0.29) is 16.5 Å². The summed E-state index contributed by atoms with van der Waals surface area (Å²) < 4.78 is 46.0. The number of rotatable bonds is 7. The van der Waals surface area contributed by atoms with Crippen molar-refractivity contribution >= 4 is 38.6 Å². The third-order valence-corrected chi connectivity index (χ3v) is 7.87. The van der Waals surface area contributed by atoms with Crippen molar-refractivity contribution in [1.82, 2.24) is 0 Å². The first-order valence-electron chi connectivity index (χ1n) is 8.37. The number of thiocarbonyl (C=S) groups is 1. The fraction of sp³-hybridized carbons (Fsp3) is 0.316. The maximum Gasteiger partial charge on any atom is 0.182 e. The lowest BCUT2D eigenvalue weighted by atomic mass is 10.00. The summed E-state index contributed by atoms with van der Waals surface area (Å²) in [7, 11) is -3.80. The molecule has 27 heavy (non-hydrogen) atoms. The second-order valence-electron chi connectivity index (χ2n) is 6.49. The Balaban J connectivity index is 2.12. The summed E-state index contributed by atoms with van der Waals surface area (Å²) in [4.78, 5) is 0.167. The van der Waals surface area contributed by atoms with Crippen LogP contribution in [0.3, 0.4) is 0 Å². The quantitative estimate of drug-likeness (QED) is 0.682. The van der Waals surface area contributed by atoms with Crippen LogP contribution in [-0.2, 0) is 14.6 Å². The van der Waals surface area contributed by atoms with E-state index in [0.29, 0.717) is 17.2 Å². The predicted molar refractivity (Wildman–Crippen MR) is 107 cm³/mol. The van der Waals surface area contributed by atoms with Gasteiger partial charge in [0, 0.05) is 17.5 Å². The second-order valence-corrected chi connectivity index (χ2v) is 9.44. The maximum absolute atomic E-state index is 13.8. The Bertz CT molecular complexity index is 965. The molecule has 1 saturated carbocycles. The van der Waals surface area contributed by atoms with Crippen molar-refractivity contribution in [1.29, 1.82) is 0 Å². The molecule has 1 aliphatic rings. The molecule has 0 spiro atoms. The highest BCUT2D eigenvalue weighted by molar-refractivity contribution is 7.92. The van der Waals surface area contributed by atoms with Crippen molar-refractivity contribution in [3.63, 3.8) is 0 Å². The van der Waals surface area contributed by atoms with E-state index in [4.69, 9.17) is 34.3 Å². The van der Waals surface area contributed by atoms with E-state index in [1.54, 1.807) is 19.1 Å². The average molecular weight is 428 g/mol. The van der Waals surface area contributed by atoms with E-state index in [9.17, 15) is 12.8 Å². The fourth-order valence-electron chi connectivity index (χ4n) is 3.61. The van der Waals surface area contributed by atoms with Crippen LogP contribution in [0.5, 0.6) is 0 Å². The smallest absolute Gasteiger partial charge is 0.182 e. The number of halogens is 2. The summed E-state index contributed by atoms with van der Waals surface area (Å²) in [6.45, 7) is 2.24. The van der Waals surface area contributed by atoms with Crippen molar-refractivity contribution < 1.29 is 17.5 Å². The molecular weight excluding hydrogens is 409 g/mol. The van der Waals surface area contributed by atoms with Crippen LogP contribution in [0.2, 0.25) is 5.02 Å². The summed E-state index contributed by atoms with van der Waals surface area (Å²) in [5.41, 5.74) is 5.45. The first kappa shape index (κ1) is 20.2. The van der Waals surface area contributed by atoms with Crippen LogP contribution < -0.4 is 5.73 Å². The monoisotopic (exact) mass is 427 g/mol. The molecule has 8 heteroatoms. The Morgan fingerprint density at radius 1 is 1.30 bits per heavy atom. The highest BCUT2D eigenvalue weighted by Gasteiger charge is 2.73. The molecule has 0 aliphatic heterocycles. The fourth-order valence-corrected chi connectivity index (χ4v) is 6.51. The standard InChI is InChI=1S/C19H19ClFNO3S2/c1-2-25-11-19(18(22)26)16(12-4-3-5-14(21)10-12)17(19)27(23,24)15-8-6-13(20)7-9-15/h3-10,16-17H,2,11H2,1H3,(H2,22,26)/t16-,17-,19-/m0/s1. The summed E-state index contributed by atoms with van der Waals surface area (Å²) in [6.07, 6.45) is 0. The number of hydrogen-bond acceptors (Lipinski definition) is 4. The molecule has 3 rings (SSSR count). The van der Waals surface area contributed by atoms with Gasteiger partial charge in [-0.3, -0.25) is 0 Å². The minimum atomic E-state index is -3.80. The zero-order valence-electron chi connectivity index (χ0n) is 14.6. The molecule has 0 unspecified atom stereocenters. The van der Waals surface area contributed by atoms with Crippen molar-refractivity contribution in [2.75, 3.05) is 13.2 Å². The SMILES string of the molecule is CCOC[C@]1(C(N)=S)[C@@H](c2cccc(F)c2)[C@@H]1S(=O)(=O)c1ccc(Cl)cc1. The largest absolute Gasteiger partial charge is 0.393 e. The Kier molecular flexibility index (Phi) is 5.59. The molecule has 0 bridgehead atoms. The molecule has 2 N–H and O–H groups in total. The van der Waals surface area contributed by atoms with Crippen LogP contribution >= 0.6 is 23.8 Å². The van der Waals surface area contributed by atoms with Gasteiger partial charge in [-0.1, -0.05) is 36.0 Å².